The topological polar surface area (TPSA) is 52.6 Å². The van der Waals surface area contributed by atoms with Crippen LogP contribution in [0.25, 0.3) is 0 Å². The second-order valence-corrected chi connectivity index (χ2v) is 6.92. The lowest BCUT2D eigenvalue weighted by Crippen LogP contribution is -2.21. The van der Waals surface area contributed by atoms with Gasteiger partial charge >= 0.3 is 0 Å². The molecule has 110 valence electrons. The quantitative estimate of drug-likeness (QED) is 0.870. The molecular formula is C15H15BrN2O2S. The number of fused-ring (bicyclic) bond motifs is 1. The van der Waals surface area contributed by atoms with Crippen molar-refractivity contribution in [2.75, 3.05) is 17.3 Å². The highest BCUT2D eigenvalue weighted by Gasteiger charge is 2.30. The van der Waals surface area contributed by atoms with E-state index in [2.05, 4.69) is 44.5 Å². The Balaban J connectivity index is 1.97. The molecule has 1 aliphatic heterocycles. The molecule has 0 aliphatic carbocycles. The summed E-state index contributed by atoms with van der Waals surface area (Å²) in [6.07, 6.45) is -1.08. The summed E-state index contributed by atoms with van der Waals surface area (Å²) in [5.41, 5.74) is 2.27. The predicted octanol–water partition coefficient (Wildman–Crippen LogP) is 3.69. The van der Waals surface area contributed by atoms with E-state index in [1.165, 1.54) is 4.88 Å². The number of halogens is 1. The van der Waals surface area contributed by atoms with Crippen LogP contribution < -0.4 is 10.2 Å². The van der Waals surface area contributed by atoms with Crippen LogP contribution in [0.2, 0.25) is 0 Å². The molecule has 0 saturated heterocycles. The summed E-state index contributed by atoms with van der Waals surface area (Å²) < 4.78 is 0.864. The number of hydrogen-bond donors (Lipinski definition) is 2. The van der Waals surface area contributed by atoms with Crippen LogP contribution in [-0.4, -0.2) is 18.1 Å². The zero-order valence-electron chi connectivity index (χ0n) is 11.6. The maximum atomic E-state index is 11.6. The van der Waals surface area contributed by atoms with Crippen molar-refractivity contribution in [3.63, 3.8) is 0 Å². The van der Waals surface area contributed by atoms with Gasteiger partial charge in [0, 0.05) is 27.6 Å². The fourth-order valence-corrected chi connectivity index (χ4v) is 3.92. The summed E-state index contributed by atoms with van der Waals surface area (Å²) in [7, 11) is 2.02. The number of carbonyl (C=O) groups is 1. The number of aliphatic hydroxyl groups excluding tert-OH is 1. The molecule has 1 aromatic carbocycles. The van der Waals surface area contributed by atoms with Gasteiger partial charge in [0.05, 0.1) is 11.7 Å². The Kier molecular flexibility index (Phi) is 3.77. The van der Waals surface area contributed by atoms with E-state index in [1.807, 2.05) is 25.2 Å². The predicted molar refractivity (Wildman–Crippen MR) is 88.9 cm³/mol. The van der Waals surface area contributed by atoms with Crippen LogP contribution in [0, 0.1) is 0 Å². The average molecular weight is 367 g/mol. The minimum absolute atomic E-state index is 0.223. The first-order chi connectivity index (χ1) is 9.99. The van der Waals surface area contributed by atoms with Crippen molar-refractivity contribution < 1.29 is 9.90 Å². The summed E-state index contributed by atoms with van der Waals surface area (Å²) in [4.78, 5) is 15.0. The zero-order valence-corrected chi connectivity index (χ0v) is 14.0. The monoisotopic (exact) mass is 366 g/mol. The third-order valence-electron chi connectivity index (χ3n) is 3.84. The van der Waals surface area contributed by atoms with Gasteiger partial charge in [0.2, 0.25) is 0 Å². The molecule has 0 saturated carbocycles. The van der Waals surface area contributed by atoms with E-state index in [4.69, 9.17) is 0 Å². The highest BCUT2D eigenvalue weighted by Crippen LogP contribution is 2.41. The zero-order chi connectivity index (χ0) is 15.1. The summed E-state index contributed by atoms with van der Waals surface area (Å²) >= 11 is 5.26. The van der Waals surface area contributed by atoms with Crippen LogP contribution in [0.3, 0.4) is 0 Å². The number of amides is 1. The highest BCUT2D eigenvalue weighted by molar-refractivity contribution is 9.10. The van der Waals surface area contributed by atoms with Gasteiger partial charge < -0.3 is 15.3 Å². The van der Waals surface area contributed by atoms with Gasteiger partial charge in [0.15, 0.2) is 6.10 Å². The largest absolute Gasteiger partial charge is 0.378 e. The fraction of sp³-hybridized carbons (Fsp3) is 0.267. The Morgan fingerprint density at radius 3 is 2.90 bits per heavy atom. The molecule has 2 N–H and O–H groups in total. The molecule has 0 bridgehead atoms. The molecule has 1 aromatic heterocycles. The van der Waals surface area contributed by atoms with E-state index in [9.17, 15) is 9.90 Å². The van der Waals surface area contributed by atoms with Crippen molar-refractivity contribution in [2.45, 2.75) is 19.1 Å². The molecule has 2 atom stereocenters. The van der Waals surface area contributed by atoms with Crippen molar-refractivity contribution in [2.24, 2.45) is 0 Å². The van der Waals surface area contributed by atoms with Crippen molar-refractivity contribution >= 4 is 44.5 Å². The minimum Gasteiger partial charge on any atom is -0.378 e. The van der Waals surface area contributed by atoms with Crippen LogP contribution in [0.1, 0.15) is 29.5 Å². The molecule has 2 heterocycles. The molecule has 3 rings (SSSR count). The van der Waals surface area contributed by atoms with Crippen molar-refractivity contribution in [1.82, 2.24) is 0 Å². The smallest absolute Gasteiger partial charge is 0.257 e. The number of anilines is 2. The first-order valence-corrected chi connectivity index (χ1v) is 8.25. The van der Waals surface area contributed by atoms with Crippen LogP contribution in [0.4, 0.5) is 11.4 Å². The fourth-order valence-electron chi connectivity index (χ4n) is 2.45. The highest BCUT2D eigenvalue weighted by atomic mass is 79.9. The Bertz CT molecular complexity index is 687. The molecule has 2 unspecified atom stereocenters. The molecular weight excluding hydrogens is 352 g/mol. The Hall–Kier alpha value is -1.37. The first-order valence-electron chi connectivity index (χ1n) is 6.57. The Labute approximate surface area is 135 Å². The van der Waals surface area contributed by atoms with E-state index < -0.39 is 6.10 Å². The van der Waals surface area contributed by atoms with Gasteiger partial charge in [-0.2, -0.15) is 0 Å². The number of rotatable bonds is 3. The van der Waals surface area contributed by atoms with Gasteiger partial charge in [-0.15, -0.1) is 11.3 Å². The lowest BCUT2D eigenvalue weighted by Gasteiger charge is -2.28. The molecule has 0 fully saturated rings. The number of thiophene rings is 1. The minimum atomic E-state index is -1.08. The number of aliphatic hydroxyl groups is 1. The summed E-state index contributed by atoms with van der Waals surface area (Å²) in [6, 6.07) is 8.08. The van der Waals surface area contributed by atoms with Gasteiger partial charge in [-0.25, -0.2) is 0 Å². The normalized spacial score (nSPS) is 18.3. The standard InChI is InChI=1S/C15H15BrN2O2S/c1-8(13-4-3-5-21-13)18(2)12-7-11-9(6-10(12)16)14(19)15(20)17-11/h3-8,14,19H,1-2H3,(H,17,20). The number of hydrogen-bond acceptors (Lipinski definition) is 4. The van der Waals surface area contributed by atoms with Gasteiger partial charge in [0.25, 0.3) is 5.91 Å². The van der Waals surface area contributed by atoms with Crippen LogP contribution >= 0.6 is 27.3 Å². The van der Waals surface area contributed by atoms with E-state index in [0.29, 0.717) is 11.3 Å². The molecule has 4 nitrogen and oxygen atoms in total. The van der Waals surface area contributed by atoms with Crippen LogP contribution in [-0.2, 0) is 4.79 Å². The Morgan fingerprint density at radius 2 is 2.24 bits per heavy atom. The maximum Gasteiger partial charge on any atom is 0.257 e. The third-order valence-corrected chi connectivity index (χ3v) is 5.51. The summed E-state index contributed by atoms with van der Waals surface area (Å²) in [5, 5.41) is 14.6. The van der Waals surface area contributed by atoms with Gasteiger partial charge in [-0.05, 0) is 46.4 Å². The molecule has 0 spiro atoms. The first kappa shape index (κ1) is 14.6. The second-order valence-electron chi connectivity index (χ2n) is 5.08. The van der Waals surface area contributed by atoms with Crippen molar-refractivity contribution in [1.29, 1.82) is 0 Å². The van der Waals surface area contributed by atoms with E-state index >= 15 is 0 Å². The number of nitrogens with zero attached hydrogens (tertiary/aromatic N) is 1. The average Bonchev–Trinajstić information content (AvgIpc) is 3.08. The lowest BCUT2D eigenvalue weighted by molar-refractivity contribution is -0.123. The molecule has 2 aromatic rings. The molecule has 1 aliphatic rings. The second kappa shape index (κ2) is 5.44. The van der Waals surface area contributed by atoms with Gasteiger partial charge in [-0.3, -0.25) is 4.79 Å². The van der Waals surface area contributed by atoms with Crippen molar-refractivity contribution in [3.05, 3.63) is 44.6 Å². The number of carbonyl (C=O) groups excluding carboxylic acids is 1. The number of benzene rings is 1. The molecule has 0 radical (unpaired) electrons. The van der Waals surface area contributed by atoms with E-state index in [-0.39, 0.29) is 11.9 Å². The van der Waals surface area contributed by atoms with Gasteiger partial charge in [-0.1, -0.05) is 6.07 Å². The van der Waals surface area contributed by atoms with Crippen LogP contribution in [0.5, 0.6) is 0 Å². The van der Waals surface area contributed by atoms with E-state index in [0.717, 1.165) is 10.2 Å². The molecule has 21 heavy (non-hydrogen) atoms. The number of nitrogens with one attached hydrogen (secondary N) is 1. The van der Waals surface area contributed by atoms with Crippen molar-refractivity contribution in [3.8, 4) is 0 Å². The molecule has 1 amide bonds. The lowest BCUT2D eigenvalue weighted by atomic mass is 10.1. The van der Waals surface area contributed by atoms with Gasteiger partial charge in [0.1, 0.15) is 0 Å². The third kappa shape index (κ3) is 2.47. The maximum absolute atomic E-state index is 11.6. The molecule has 6 heteroatoms. The van der Waals surface area contributed by atoms with E-state index in [1.54, 1.807) is 11.3 Å². The summed E-state index contributed by atoms with van der Waals surface area (Å²) in [5.74, 6) is -0.372. The SMILES string of the molecule is CC(c1cccs1)N(C)c1cc2c(cc1Br)C(O)C(=O)N2. The Morgan fingerprint density at radius 1 is 1.48 bits per heavy atom. The van der Waals surface area contributed by atoms with Crippen LogP contribution in [0.15, 0.2) is 34.1 Å². The summed E-state index contributed by atoms with van der Waals surface area (Å²) in [6.45, 7) is 2.14.